The summed E-state index contributed by atoms with van der Waals surface area (Å²) in [6.45, 7) is 4.07. The third-order valence-electron chi connectivity index (χ3n) is 5.20. The standard InChI is InChI=1S/C22H25FN6.HI/c1-2-24-21(27-16-22(8-9-22)18-5-3-6-19(23)14-18)26-15-17-7-11-25-20(13-17)29-12-4-10-28-29;/h3-7,10-14H,2,8-9,15-16H2,1H3,(H2,24,26,27);1H. The van der Waals surface area contributed by atoms with E-state index in [1.54, 1.807) is 29.2 Å². The topological polar surface area (TPSA) is 67.1 Å². The molecule has 2 N–H and O–H groups in total. The van der Waals surface area contributed by atoms with Crippen LogP contribution in [0.4, 0.5) is 4.39 Å². The lowest BCUT2D eigenvalue weighted by Gasteiger charge is -2.19. The van der Waals surface area contributed by atoms with Crippen molar-refractivity contribution in [2.75, 3.05) is 13.1 Å². The highest BCUT2D eigenvalue weighted by atomic mass is 127. The van der Waals surface area contributed by atoms with Gasteiger partial charge < -0.3 is 10.6 Å². The maximum Gasteiger partial charge on any atom is 0.191 e. The Kier molecular flexibility index (Phi) is 7.41. The smallest absolute Gasteiger partial charge is 0.191 e. The number of nitrogens with one attached hydrogen (secondary N) is 2. The molecule has 1 saturated carbocycles. The quantitative estimate of drug-likeness (QED) is 0.283. The maximum atomic E-state index is 13.6. The van der Waals surface area contributed by atoms with Crippen LogP contribution in [0.5, 0.6) is 0 Å². The van der Waals surface area contributed by atoms with Crippen LogP contribution in [0.1, 0.15) is 30.9 Å². The van der Waals surface area contributed by atoms with Crippen LogP contribution < -0.4 is 10.6 Å². The van der Waals surface area contributed by atoms with Crippen LogP contribution in [-0.4, -0.2) is 33.8 Å². The Hall–Kier alpha value is -2.49. The third kappa shape index (κ3) is 5.35. The Balaban J connectivity index is 0.00000256. The number of aromatic nitrogens is 3. The molecule has 0 atom stereocenters. The molecule has 0 spiro atoms. The summed E-state index contributed by atoms with van der Waals surface area (Å²) in [6.07, 6.45) is 7.47. The Labute approximate surface area is 193 Å². The number of rotatable bonds is 7. The van der Waals surface area contributed by atoms with E-state index in [-0.39, 0.29) is 35.2 Å². The van der Waals surface area contributed by atoms with E-state index < -0.39 is 0 Å². The van der Waals surface area contributed by atoms with Crippen molar-refractivity contribution in [2.45, 2.75) is 31.7 Å². The van der Waals surface area contributed by atoms with E-state index in [2.05, 4.69) is 20.7 Å². The largest absolute Gasteiger partial charge is 0.357 e. The highest BCUT2D eigenvalue weighted by Crippen LogP contribution is 2.47. The summed E-state index contributed by atoms with van der Waals surface area (Å²) in [5, 5.41) is 10.9. The number of guanidine groups is 1. The molecular formula is C22H26FIN6. The molecule has 1 aliphatic carbocycles. The fourth-order valence-electron chi connectivity index (χ4n) is 3.39. The molecule has 0 radical (unpaired) electrons. The van der Waals surface area contributed by atoms with Crippen LogP contribution in [0.25, 0.3) is 5.82 Å². The number of benzene rings is 1. The average molecular weight is 520 g/mol. The Morgan fingerprint density at radius 2 is 2.03 bits per heavy atom. The zero-order valence-corrected chi connectivity index (χ0v) is 19.2. The monoisotopic (exact) mass is 520 g/mol. The van der Waals surface area contributed by atoms with E-state index in [0.717, 1.165) is 48.8 Å². The fourth-order valence-corrected chi connectivity index (χ4v) is 3.39. The summed E-state index contributed by atoms with van der Waals surface area (Å²) in [4.78, 5) is 9.06. The van der Waals surface area contributed by atoms with Crippen molar-refractivity contribution in [2.24, 2.45) is 4.99 Å². The summed E-state index contributed by atoms with van der Waals surface area (Å²) >= 11 is 0. The predicted octanol–water partition coefficient (Wildman–Crippen LogP) is 3.81. The molecule has 1 aliphatic rings. The average Bonchev–Trinajstić information content (AvgIpc) is 3.33. The van der Waals surface area contributed by atoms with Crippen molar-refractivity contribution in [1.82, 2.24) is 25.4 Å². The van der Waals surface area contributed by atoms with Gasteiger partial charge in [-0.3, -0.25) is 0 Å². The van der Waals surface area contributed by atoms with Gasteiger partial charge in [-0.1, -0.05) is 12.1 Å². The molecule has 0 aliphatic heterocycles. The van der Waals surface area contributed by atoms with E-state index in [9.17, 15) is 4.39 Å². The molecule has 0 unspecified atom stereocenters. The third-order valence-corrected chi connectivity index (χ3v) is 5.20. The highest BCUT2D eigenvalue weighted by molar-refractivity contribution is 14.0. The van der Waals surface area contributed by atoms with Gasteiger partial charge in [0.25, 0.3) is 0 Å². The second-order valence-electron chi connectivity index (χ2n) is 7.31. The van der Waals surface area contributed by atoms with Gasteiger partial charge in [-0.15, -0.1) is 24.0 Å². The van der Waals surface area contributed by atoms with Crippen LogP contribution in [0.15, 0.2) is 66.0 Å². The Morgan fingerprint density at radius 1 is 1.17 bits per heavy atom. The SMILES string of the molecule is CCNC(=NCc1ccnc(-n2cccn2)c1)NCC1(c2cccc(F)c2)CC1.I. The second kappa shape index (κ2) is 10.0. The minimum Gasteiger partial charge on any atom is -0.357 e. The van der Waals surface area contributed by atoms with Gasteiger partial charge in [-0.25, -0.2) is 19.0 Å². The minimum atomic E-state index is -0.181. The molecule has 30 heavy (non-hydrogen) atoms. The van der Waals surface area contributed by atoms with E-state index in [1.165, 1.54) is 6.07 Å². The van der Waals surface area contributed by atoms with Crippen molar-refractivity contribution in [3.8, 4) is 5.82 Å². The van der Waals surface area contributed by atoms with Crippen LogP contribution in [0.2, 0.25) is 0 Å². The molecule has 0 saturated heterocycles. The van der Waals surface area contributed by atoms with Gasteiger partial charge >= 0.3 is 0 Å². The molecule has 6 nitrogen and oxygen atoms in total. The van der Waals surface area contributed by atoms with Gasteiger partial charge in [0.1, 0.15) is 5.82 Å². The summed E-state index contributed by atoms with van der Waals surface area (Å²) in [5.41, 5.74) is 2.11. The molecule has 0 bridgehead atoms. The first kappa shape index (κ1) is 22.2. The zero-order valence-electron chi connectivity index (χ0n) is 16.9. The van der Waals surface area contributed by atoms with E-state index >= 15 is 0 Å². The van der Waals surface area contributed by atoms with E-state index in [0.29, 0.717) is 6.54 Å². The zero-order chi connectivity index (χ0) is 20.1. The lowest BCUT2D eigenvalue weighted by atomic mass is 9.96. The lowest BCUT2D eigenvalue weighted by Crippen LogP contribution is -2.41. The molecule has 158 valence electrons. The number of hydrogen-bond acceptors (Lipinski definition) is 3. The van der Waals surface area contributed by atoms with Crippen molar-refractivity contribution in [3.63, 3.8) is 0 Å². The van der Waals surface area contributed by atoms with Crippen LogP contribution in [-0.2, 0) is 12.0 Å². The van der Waals surface area contributed by atoms with Crippen molar-refractivity contribution < 1.29 is 4.39 Å². The number of aliphatic imine (C=N–C) groups is 1. The van der Waals surface area contributed by atoms with Crippen molar-refractivity contribution in [1.29, 1.82) is 0 Å². The first-order chi connectivity index (χ1) is 14.2. The first-order valence-electron chi connectivity index (χ1n) is 9.92. The molecular weight excluding hydrogens is 494 g/mol. The van der Waals surface area contributed by atoms with E-state index in [4.69, 9.17) is 4.99 Å². The summed E-state index contributed by atoms with van der Waals surface area (Å²) in [5.74, 6) is 1.34. The molecule has 2 aromatic heterocycles. The summed E-state index contributed by atoms with van der Waals surface area (Å²) in [7, 11) is 0. The van der Waals surface area contributed by atoms with Gasteiger partial charge in [0.05, 0.1) is 6.54 Å². The lowest BCUT2D eigenvalue weighted by molar-refractivity contribution is 0.607. The van der Waals surface area contributed by atoms with Gasteiger partial charge in [0.15, 0.2) is 11.8 Å². The fraction of sp³-hybridized carbons (Fsp3) is 0.318. The maximum absolute atomic E-state index is 13.6. The van der Waals surface area contributed by atoms with Crippen molar-refractivity contribution >= 4 is 29.9 Å². The molecule has 1 aromatic carbocycles. The number of halogens is 2. The van der Waals surface area contributed by atoms with Crippen LogP contribution in [0, 0.1) is 5.82 Å². The molecule has 4 rings (SSSR count). The van der Waals surface area contributed by atoms with Gasteiger partial charge in [0, 0.05) is 37.1 Å². The predicted molar refractivity (Wildman–Crippen MR) is 127 cm³/mol. The molecule has 0 amide bonds. The van der Waals surface area contributed by atoms with Crippen LogP contribution in [0.3, 0.4) is 0 Å². The number of pyridine rings is 1. The first-order valence-corrected chi connectivity index (χ1v) is 9.92. The second-order valence-corrected chi connectivity index (χ2v) is 7.31. The summed E-state index contributed by atoms with van der Waals surface area (Å²) in [6, 6.07) is 12.7. The molecule has 3 aromatic rings. The Bertz CT molecular complexity index is 985. The molecule has 2 heterocycles. The van der Waals surface area contributed by atoms with Crippen LogP contribution >= 0.6 is 24.0 Å². The van der Waals surface area contributed by atoms with Gasteiger partial charge in [-0.2, -0.15) is 5.10 Å². The van der Waals surface area contributed by atoms with Crippen molar-refractivity contribution in [3.05, 3.63) is 78.0 Å². The molecule has 8 heteroatoms. The van der Waals surface area contributed by atoms with E-state index in [1.807, 2.05) is 37.4 Å². The minimum absolute atomic E-state index is 0. The van der Waals surface area contributed by atoms with Gasteiger partial charge in [0.2, 0.25) is 0 Å². The number of nitrogens with zero attached hydrogens (tertiary/aromatic N) is 4. The summed E-state index contributed by atoms with van der Waals surface area (Å²) < 4.78 is 15.3. The normalized spacial score (nSPS) is 14.7. The molecule has 1 fully saturated rings. The highest BCUT2D eigenvalue weighted by Gasteiger charge is 2.44. The van der Waals surface area contributed by atoms with Gasteiger partial charge in [-0.05, 0) is 61.2 Å². The number of hydrogen-bond donors (Lipinski definition) is 2. The Morgan fingerprint density at radius 3 is 2.73 bits per heavy atom.